The van der Waals surface area contributed by atoms with E-state index in [1.54, 1.807) is 24.3 Å². The SMILES string of the molecule is O=C1/C(=C\c2ccc(F)cc2)C(=O)N(c2cc(Cl)ccc2Cl)C(=S)N1c1ccc(N2CCOCC2)cc1. The molecule has 0 unspecified atom stereocenters. The number of nitrogens with zero attached hydrogens (tertiary/aromatic N) is 3. The summed E-state index contributed by atoms with van der Waals surface area (Å²) in [4.78, 5) is 32.0. The van der Waals surface area contributed by atoms with Gasteiger partial charge in [0, 0.05) is 23.8 Å². The van der Waals surface area contributed by atoms with Gasteiger partial charge in [-0.15, -0.1) is 0 Å². The molecular formula is C27H20Cl2FN3O3S. The van der Waals surface area contributed by atoms with Crippen LogP contribution in [0.1, 0.15) is 5.56 Å². The second-order valence-corrected chi connectivity index (χ2v) is 9.59. The molecule has 0 spiro atoms. The Morgan fingerprint density at radius 3 is 2.14 bits per heavy atom. The molecule has 0 aromatic heterocycles. The Kier molecular flexibility index (Phi) is 7.26. The first-order valence-electron chi connectivity index (χ1n) is 11.4. The van der Waals surface area contributed by atoms with Gasteiger partial charge in [-0.25, -0.2) is 4.39 Å². The third-order valence-electron chi connectivity index (χ3n) is 6.06. The molecule has 2 amide bonds. The molecular weight excluding hydrogens is 536 g/mol. The standard InChI is InChI=1S/C27H20Cl2FN3O3S/c28-18-3-10-23(29)24(16-18)33-26(35)22(15-17-1-4-19(30)5-2-17)25(34)32(27(33)37)21-8-6-20(7-9-21)31-11-13-36-14-12-31/h1-10,15-16H,11-14H2/b22-15+. The lowest BCUT2D eigenvalue weighted by atomic mass is 10.0. The molecule has 0 atom stereocenters. The van der Waals surface area contributed by atoms with E-state index in [9.17, 15) is 14.0 Å². The first kappa shape index (κ1) is 25.4. The molecule has 10 heteroatoms. The molecule has 0 radical (unpaired) electrons. The molecule has 2 aliphatic heterocycles. The number of carbonyl (C=O) groups is 2. The molecule has 0 N–H and O–H groups in total. The van der Waals surface area contributed by atoms with Crippen LogP contribution in [0.15, 0.2) is 72.3 Å². The van der Waals surface area contributed by atoms with Gasteiger partial charge in [0.25, 0.3) is 11.8 Å². The number of thiocarbonyl (C=S) groups is 1. The number of amides is 2. The molecule has 2 saturated heterocycles. The van der Waals surface area contributed by atoms with Crippen molar-refractivity contribution in [3.05, 3.63) is 93.7 Å². The van der Waals surface area contributed by atoms with Crippen LogP contribution in [0.2, 0.25) is 10.0 Å². The average molecular weight is 556 g/mol. The summed E-state index contributed by atoms with van der Waals surface area (Å²) in [6, 6.07) is 17.5. The summed E-state index contributed by atoms with van der Waals surface area (Å²) in [7, 11) is 0. The van der Waals surface area contributed by atoms with Crippen molar-refractivity contribution in [2.24, 2.45) is 0 Å². The Morgan fingerprint density at radius 1 is 0.838 bits per heavy atom. The maximum Gasteiger partial charge on any atom is 0.270 e. The first-order valence-corrected chi connectivity index (χ1v) is 12.6. The zero-order chi connectivity index (χ0) is 26.1. The highest BCUT2D eigenvalue weighted by molar-refractivity contribution is 7.81. The fourth-order valence-corrected chi connectivity index (χ4v) is 4.92. The van der Waals surface area contributed by atoms with Crippen molar-refractivity contribution in [1.82, 2.24) is 0 Å². The van der Waals surface area contributed by atoms with Gasteiger partial charge in [-0.05, 0) is 78.5 Å². The number of halogens is 3. The topological polar surface area (TPSA) is 53.1 Å². The highest BCUT2D eigenvalue weighted by Gasteiger charge is 2.42. The van der Waals surface area contributed by atoms with Crippen molar-refractivity contribution >= 4 is 75.5 Å². The smallest absolute Gasteiger partial charge is 0.270 e. The van der Waals surface area contributed by atoms with Crippen molar-refractivity contribution in [1.29, 1.82) is 0 Å². The molecule has 188 valence electrons. The minimum absolute atomic E-state index is 0.0606. The number of morpholine rings is 1. The van der Waals surface area contributed by atoms with Gasteiger partial charge in [-0.3, -0.25) is 19.4 Å². The summed E-state index contributed by atoms with van der Waals surface area (Å²) >= 11 is 18.3. The van der Waals surface area contributed by atoms with Gasteiger partial charge >= 0.3 is 0 Å². The Labute approximate surface area is 228 Å². The van der Waals surface area contributed by atoms with Crippen LogP contribution in [-0.4, -0.2) is 43.2 Å². The van der Waals surface area contributed by atoms with Crippen LogP contribution in [0.25, 0.3) is 6.08 Å². The number of ether oxygens (including phenoxy) is 1. The second kappa shape index (κ2) is 10.6. The summed E-state index contributed by atoms with van der Waals surface area (Å²) in [5.74, 6) is -1.70. The quantitative estimate of drug-likeness (QED) is 0.234. The number of anilines is 3. The number of hydrogen-bond acceptors (Lipinski definition) is 5. The van der Waals surface area contributed by atoms with Crippen molar-refractivity contribution in [2.75, 3.05) is 41.0 Å². The Hall–Kier alpha value is -3.30. The number of carbonyl (C=O) groups excluding carboxylic acids is 2. The minimum atomic E-state index is -0.662. The van der Waals surface area contributed by atoms with Crippen LogP contribution in [0.4, 0.5) is 21.5 Å². The summed E-state index contributed by atoms with van der Waals surface area (Å²) in [5, 5.41) is 0.519. The molecule has 2 aliphatic rings. The fraction of sp³-hybridized carbons (Fsp3) is 0.148. The van der Waals surface area contributed by atoms with E-state index in [4.69, 9.17) is 40.2 Å². The van der Waals surface area contributed by atoms with Gasteiger partial charge in [-0.2, -0.15) is 0 Å². The zero-order valence-electron chi connectivity index (χ0n) is 19.4. The third-order valence-corrected chi connectivity index (χ3v) is 6.98. The lowest BCUT2D eigenvalue weighted by Gasteiger charge is -2.37. The van der Waals surface area contributed by atoms with Crippen LogP contribution in [-0.2, 0) is 14.3 Å². The zero-order valence-corrected chi connectivity index (χ0v) is 21.7. The van der Waals surface area contributed by atoms with E-state index in [2.05, 4.69) is 4.90 Å². The van der Waals surface area contributed by atoms with Crippen LogP contribution in [0, 0.1) is 5.82 Å². The molecule has 6 nitrogen and oxygen atoms in total. The summed E-state index contributed by atoms with van der Waals surface area (Å²) in [6.45, 7) is 2.82. The number of hydrogen-bond donors (Lipinski definition) is 0. The molecule has 2 fully saturated rings. The van der Waals surface area contributed by atoms with Crippen LogP contribution >= 0.6 is 35.4 Å². The third kappa shape index (κ3) is 5.10. The Bertz CT molecular complexity index is 1410. The van der Waals surface area contributed by atoms with Crippen molar-refractivity contribution in [2.45, 2.75) is 0 Å². The van der Waals surface area contributed by atoms with Crippen LogP contribution in [0.5, 0.6) is 0 Å². The average Bonchev–Trinajstić information content (AvgIpc) is 2.90. The summed E-state index contributed by atoms with van der Waals surface area (Å²) in [6.07, 6.45) is 1.41. The van der Waals surface area contributed by atoms with E-state index in [1.165, 1.54) is 46.2 Å². The predicted octanol–water partition coefficient (Wildman–Crippen LogP) is 5.72. The molecule has 0 bridgehead atoms. The molecule has 5 rings (SSSR count). The van der Waals surface area contributed by atoms with Gasteiger partial charge in [0.1, 0.15) is 11.4 Å². The van der Waals surface area contributed by atoms with E-state index < -0.39 is 17.6 Å². The number of rotatable bonds is 4. The number of benzene rings is 3. The summed E-state index contributed by atoms with van der Waals surface area (Å²) < 4.78 is 18.9. The van der Waals surface area contributed by atoms with E-state index >= 15 is 0 Å². The maximum atomic E-state index is 13.7. The summed E-state index contributed by atoms with van der Waals surface area (Å²) in [5.41, 5.74) is 2.03. The van der Waals surface area contributed by atoms with Gasteiger partial charge in [-0.1, -0.05) is 35.3 Å². The molecule has 2 heterocycles. The second-order valence-electron chi connectivity index (χ2n) is 8.38. The normalized spacial score (nSPS) is 17.6. The lowest BCUT2D eigenvalue weighted by molar-refractivity contribution is -0.120. The Morgan fingerprint density at radius 2 is 1.46 bits per heavy atom. The highest BCUT2D eigenvalue weighted by atomic mass is 35.5. The molecule has 0 aliphatic carbocycles. The van der Waals surface area contributed by atoms with Gasteiger partial charge < -0.3 is 9.64 Å². The van der Waals surface area contributed by atoms with Gasteiger partial charge in [0.15, 0.2) is 5.11 Å². The van der Waals surface area contributed by atoms with E-state index in [0.29, 0.717) is 29.5 Å². The van der Waals surface area contributed by atoms with Crippen molar-refractivity contribution < 1.29 is 18.7 Å². The lowest BCUT2D eigenvalue weighted by Crippen LogP contribution is -2.57. The maximum absolute atomic E-state index is 13.7. The largest absolute Gasteiger partial charge is 0.378 e. The van der Waals surface area contributed by atoms with Crippen LogP contribution in [0.3, 0.4) is 0 Å². The molecule has 0 saturated carbocycles. The van der Waals surface area contributed by atoms with E-state index in [1.807, 2.05) is 12.1 Å². The predicted molar refractivity (Wildman–Crippen MR) is 148 cm³/mol. The van der Waals surface area contributed by atoms with Crippen LogP contribution < -0.4 is 14.7 Å². The Balaban J connectivity index is 1.59. The van der Waals surface area contributed by atoms with Gasteiger partial charge in [0.2, 0.25) is 0 Å². The van der Waals surface area contributed by atoms with Crippen molar-refractivity contribution in [3.63, 3.8) is 0 Å². The van der Waals surface area contributed by atoms with E-state index in [0.717, 1.165) is 18.8 Å². The first-order chi connectivity index (χ1) is 17.8. The fourth-order valence-electron chi connectivity index (χ4n) is 4.19. The highest BCUT2D eigenvalue weighted by Crippen LogP contribution is 2.35. The molecule has 37 heavy (non-hydrogen) atoms. The molecule has 3 aromatic rings. The molecule has 3 aromatic carbocycles. The minimum Gasteiger partial charge on any atom is -0.378 e. The van der Waals surface area contributed by atoms with Crippen molar-refractivity contribution in [3.8, 4) is 0 Å². The van der Waals surface area contributed by atoms with E-state index in [-0.39, 0.29) is 21.4 Å². The monoisotopic (exact) mass is 555 g/mol. The van der Waals surface area contributed by atoms with Gasteiger partial charge in [0.05, 0.1) is 29.6 Å².